The maximum absolute atomic E-state index is 12.9. The van der Waals surface area contributed by atoms with Gasteiger partial charge in [0.1, 0.15) is 23.0 Å². The van der Waals surface area contributed by atoms with Gasteiger partial charge in [0, 0.05) is 16.9 Å². The van der Waals surface area contributed by atoms with Crippen LogP contribution < -0.4 is 21.8 Å². The Morgan fingerprint density at radius 1 is 0.778 bits per heavy atom. The summed E-state index contributed by atoms with van der Waals surface area (Å²) in [7, 11) is -7.15. The molecule has 20 nitrogen and oxygen atoms in total. The van der Waals surface area contributed by atoms with E-state index in [2.05, 4.69) is 143 Å². The molecule has 3 aliphatic heterocycles. The molecule has 0 aromatic carbocycles. The number of anilines is 2. The van der Waals surface area contributed by atoms with E-state index < -0.39 is 59.1 Å². The topological polar surface area (TPSA) is 263 Å². The van der Waals surface area contributed by atoms with Crippen molar-refractivity contribution >= 4 is 94.8 Å². The third-order valence-corrected chi connectivity index (χ3v) is 31.6. The van der Waals surface area contributed by atoms with Crippen LogP contribution >= 0.6 is 23.5 Å². The van der Waals surface area contributed by atoms with E-state index >= 15 is 0 Å². The predicted molar refractivity (Wildman–Crippen MR) is 293 cm³/mol. The molecule has 4 aromatic heterocycles. The van der Waals surface area contributed by atoms with Gasteiger partial charge in [-0.3, -0.25) is 48.9 Å². The molecular formula is C47H80N10O10S2Si3. The molecule has 0 saturated carbocycles. The summed E-state index contributed by atoms with van der Waals surface area (Å²) in [6.07, 6.45) is 1.17. The molecule has 25 heteroatoms. The third-order valence-electron chi connectivity index (χ3n) is 14.8. The summed E-state index contributed by atoms with van der Waals surface area (Å²) >= 11 is 3.09. The number of amides is 2. The van der Waals surface area contributed by atoms with E-state index in [-0.39, 0.29) is 102 Å². The quantitative estimate of drug-likeness (QED) is 0.0738. The Kier molecular flexibility index (Phi) is 17.0. The van der Waals surface area contributed by atoms with Crippen LogP contribution in [0.1, 0.15) is 115 Å². The molecule has 402 valence electrons. The molecule has 0 bridgehead atoms. The van der Waals surface area contributed by atoms with Gasteiger partial charge in [-0.1, -0.05) is 104 Å². The number of nitrogens with one attached hydrogen (secondary N) is 4. The van der Waals surface area contributed by atoms with Gasteiger partial charge in [0.2, 0.25) is 23.7 Å². The van der Waals surface area contributed by atoms with Gasteiger partial charge in [0.05, 0.1) is 48.6 Å². The van der Waals surface area contributed by atoms with E-state index in [1.165, 1.54) is 18.1 Å². The molecule has 0 radical (unpaired) electrons. The zero-order chi connectivity index (χ0) is 54.0. The molecular weight excluding hydrogens is 1010 g/mol. The monoisotopic (exact) mass is 1090 g/mol. The maximum Gasteiger partial charge on any atom is 0.346 e. The lowest BCUT2D eigenvalue weighted by Crippen LogP contribution is -2.63. The fourth-order valence-electron chi connectivity index (χ4n) is 8.46. The number of carbonyl (C=O) groups is 2. The zero-order valence-corrected chi connectivity index (χ0v) is 50.2. The van der Waals surface area contributed by atoms with Crippen molar-refractivity contribution in [3.63, 3.8) is 0 Å². The zero-order valence-electron chi connectivity index (χ0n) is 45.6. The summed E-state index contributed by atoms with van der Waals surface area (Å²) in [5.74, 6) is -0.896. The van der Waals surface area contributed by atoms with Gasteiger partial charge < -0.3 is 27.9 Å². The second-order valence-corrected chi connectivity index (χ2v) is 41.0. The number of aliphatic hydroxyl groups excluding tert-OH is 2. The van der Waals surface area contributed by atoms with Crippen LogP contribution in [-0.2, 0) is 27.3 Å². The average molecular weight is 1090 g/mol. The van der Waals surface area contributed by atoms with Crippen molar-refractivity contribution in [2.75, 3.05) is 23.8 Å². The highest BCUT2D eigenvalue weighted by Crippen LogP contribution is 2.56. The summed E-state index contributed by atoms with van der Waals surface area (Å²) in [5.41, 5.74) is 0.419. The van der Waals surface area contributed by atoms with Crippen molar-refractivity contribution in [3.05, 3.63) is 33.4 Å². The molecule has 3 fully saturated rings. The largest absolute Gasteiger partial charge is 0.408 e. The molecule has 7 heterocycles. The van der Waals surface area contributed by atoms with Crippen LogP contribution in [0, 0.1) is 11.8 Å². The van der Waals surface area contributed by atoms with Crippen molar-refractivity contribution in [1.29, 1.82) is 0 Å². The van der Waals surface area contributed by atoms with Crippen LogP contribution in [0.25, 0.3) is 22.3 Å². The Morgan fingerprint density at radius 2 is 1.21 bits per heavy atom. The standard InChI is InChI=1S/C27H47N5O5SSi2.C20H33N5O5SSi/c1-15(2)22(33)30-25-29-21-18(23(34)31-25)28-14-32(21)24-20(36-39(11,12)26(5,6)7)19-17(38-24)13-35-40(37-19,16(3)4)27(8,9)10;1-10(2)16(28)23-19-22-15-12(17(29)24-19)21-9-25(15)18-14(13(27)11(8-26)31-18)30-32(6,7)20(3,4)5/h14-17,19-20,24H,13H2,1-12H3,(H2,29,30,31,33,34);9-11,13-14,18,26-27H,8H2,1-7H3,(H2,22,23,24,28,29)/t17-,19-,20-,24-,40?;11-,13-,14-,18-/m11/s1. The molecule has 1 unspecified atom stereocenters. The lowest BCUT2D eigenvalue weighted by atomic mass is 10.1. The highest BCUT2D eigenvalue weighted by Gasteiger charge is 2.62. The Hall–Kier alpha value is -3.25. The minimum Gasteiger partial charge on any atom is -0.408 e. The van der Waals surface area contributed by atoms with Crippen molar-refractivity contribution in [2.24, 2.45) is 11.8 Å². The van der Waals surface area contributed by atoms with Crippen LogP contribution in [-0.4, -0.2) is 134 Å². The highest BCUT2D eigenvalue weighted by molar-refractivity contribution is 8.00. The van der Waals surface area contributed by atoms with Gasteiger partial charge in [-0.25, -0.2) is 9.97 Å². The maximum atomic E-state index is 12.9. The van der Waals surface area contributed by atoms with Crippen molar-refractivity contribution in [2.45, 2.75) is 196 Å². The number of hydrogen-bond donors (Lipinski definition) is 6. The number of aromatic nitrogens is 8. The van der Waals surface area contributed by atoms with E-state index in [1.807, 2.05) is 4.57 Å². The van der Waals surface area contributed by atoms with Crippen LogP contribution in [0.15, 0.2) is 22.2 Å². The first-order chi connectivity index (χ1) is 33.1. The number of imidazole rings is 2. The van der Waals surface area contributed by atoms with Crippen LogP contribution in [0.5, 0.6) is 0 Å². The summed E-state index contributed by atoms with van der Waals surface area (Å²) in [6.45, 7) is 40.2. The molecule has 3 saturated heterocycles. The van der Waals surface area contributed by atoms with Gasteiger partial charge in [0.15, 0.2) is 39.0 Å². The van der Waals surface area contributed by atoms with Crippen molar-refractivity contribution in [1.82, 2.24) is 39.0 Å². The molecule has 9 atom stereocenters. The smallest absolute Gasteiger partial charge is 0.346 e. The number of rotatable bonds is 12. The minimum atomic E-state index is -2.65. The van der Waals surface area contributed by atoms with E-state index in [9.17, 15) is 29.4 Å². The lowest BCUT2D eigenvalue weighted by Gasteiger charge is -2.51. The second-order valence-electron chi connectivity index (χ2n) is 24.2. The minimum absolute atomic E-state index is 0.0111. The van der Waals surface area contributed by atoms with Crippen LogP contribution in [0.2, 0.25) is 46.8 Å². The number of H-pyrrole nitrogens is 2. The number of fused-ring (bicyclic) bond motifs is 3. The molecule has 0 aliphatic carbocycles. The summed E-state index contributed by atoms with van der Waals surface area (Å²) in [5, 5.41) is 24.8. The van der Waals surface area contributed by atoms with Gasteiger partial charge in [-0.15, -0.1) is 23.5 Å². The molecule has 0 spiro atoms. The summed E-state index contributed by atoms with van der Waals surface area (Å²) < 4.78 is 31.3. The number of nitrogens with zero attached hydrogens (tertiary/aromatic N) is 6. The van der Waals surface area contributed by atoms with E-state index in [0.717, 1.165) is 0 Å². The normalized spacial score (nSPS) is 26.4. The van der Waals surface area contributed by atoms with E-state index in [4.69, 9.17) is 17.7 Å². The summed E-state index contributed by atoms with van der Waals surface area (Å²) in [6, 6.07) is 0. The Balaban J connectivity index is 0.000000241. The first-order valence-corrected chi connectivity index (χ1v) is 34.5. The van der Waals surface area contributed by atoms with Gasteiger partial charge in [-0.2, -0.15) is 9.97 Å². The Morgan fingerprint density at radius 3 is 1.60 bits per heavy atom. The predicted octanol–water partition coefficient (Wildman–Crippen LogP) is 7.86. The number of aromatic amines is 2. The number of thioether (sulfide) groups is 2. The molecule has 4 aromatic rings. The fraction of sp³-hybridized carbons (Fsp3) is 0.745. The second kappa shape index (κ2) is 21.1. The number of carbonyl (C=O) groups excluding carboxylic acids is 2. The Bertz CT molecular complexity index is 2730. The van der Waals surface area contributed by atoms with Crippen molar-refractivity contribution < 1.29 is 37.5 Å². The third kappa shape index (κ3) is 11.5. The molecule has 3 aliphatic rings. The van der Waals surface area contributed by atoms with Crippen LogP contribution in [0.3, 0.4) is 0 Å². The molecule has 6 N–H and O–H groups in total. The molecule has 2 amide bonds. The Labute approximate surface area is 434 Å². The number of aliphatic hydroxyl groups is 2. The highest BCUT2D eigenvalue weighted by atomic mass is 32.2. The van der Waals surface area contributed by atoms with Gasteiger partial charge in [-0.05, 0) is 41.8 Å². The van der Waals surface area contributed by atoms with Gasteiger partial charge in [0.25, 0.3) is 11.1 Å². The lowest BCUT2D eigenvalue weighted by molar-refractivity contribution is -0.119. The van der Waals surface area contributed by atoms with Crippen LogP contribution in [0.4, 0.5) is 11.9 Å². The van der Waals surface area contributed by atoms with E-state index in [0.29, 0.717) is 12.3 Å². The number of hydrogen-bond acceptors (Lipinski definition) is 16. The SMILES string of the molecule is CC(C)C(=O)Nc1nc2c(ncn2[C@@H]2S[C@@H]3CO[Si](C(C)C)(C(C)(C)C)O[C@H]3[C@H]2O[Si](C)(C)C(C)(C)C)c(=O)[nH]1.CC(C)C(=O)Nc1nc2c(ncn2[C@@H]2S[C@H](CO)[C@@H](O)[C@H]2O[Si](C)(C)C(C)(C)C)c(=O)[nH]1. The first kappa shape index (κ1) is 58.0. The van der Waals surface area contributed by atoms with Crippen molar-refractivity contribution in [3.8, 4) is 0 Å². The summed E-state index contributed by atoms with van der Waals surface area (Å²) in [4.78, 5) is 72.9. The fourth-order valence-corrected chi connectivity index (χ4v) is 18.7. The molecule has 72 heavy (non-hydrogen) atoms. The average Bonchev–Trinajstić information content (AvgIpc) is 4.03. The first-order valence-electron chi connectivity index (χ1n) is 24.9. The van der Waals surface area contributed by atoms with Gasteiger partial charge >= 0.3 is 8.56 Å². The van der Waals surface area contributed by atoms with E-state index in [1.54, 1.807) is 50.4 Å². The molecule has 7 rings (SSSR count).